The van der Waals surface area contributed by atoms with Gasteiger partial charge in [0, 0.05) is 0 Å². The second-order valence-electron chi connectivity index (χ2n) is 2.32. The molecule has 74 valence electrons. The van der Waals surface area contributed by atoms with Crippen molar-refractivity contribution in [2.24, 2.45) is 0 Å². The van der Waals surface area contributed by atoms with Gasteiger partial charge in [0.25, 0.3) is 5.91 Å². The minimum absolute atomic E-state index is 0.0829. The van der Waals surface area contributed by atoms with E-state index in [1.54, 1.807) is 5.32 Å². The molecular formula is C8H4Cl2FNO2. The van der Waals surface area contributed by atoms with Crippen molar-refractivity contribution in [2.75, 3.05) is 0 Å². The number of hydrogen-bond donors (Lipinski definition) is 1. The smallest absolute Gasteiger partial charge is 0.278 e. The van der Waals surface area contributed by atoms with Gasteiger partial charge < -0.3 is 0 Å². The van der Waals surface area contributed by atoms with E-state index in [0.29, 0.717) is 0 Å². The largest absolute Gasteiger partial charge is 0.320 e. The maximum atomic E-state index is 13.1. The van der Waals surface area contributed by atoms with Gasteiger partial charge in [-0.1, -0.05) is 17.7 Å². The standard InChI is InChI=1S/C8H4Cl2FNO2/c9-4-2-1-3-5(11)6(4)7(13)12-8(10)14/h1-3H,(H,12,13,14). The van der Waals surface area contributed by atoms with Gasteiger partial charge in [0.2, 0.25) is 0 Å². The first-order valence-electron chi connectivity index (χ1n) is 3.47. The van der Waals surface area contributed by atoms with Gasteiger partial charge in [-0.3, -0.25) is 14.9 Å². The molecule has 6 heteroatoms. The number of hydrogen-bond acceptors (Lipinski definition) is 2. The topological polar surface area (TPSA) is 46.2 Å². The molecule has 0 saturated heterocycles. The van der Waals surface area contributed by atoms with Gasteiger partial charge in [-0.2, -0.15) is 0 Å². The number of imide groups is 1. The predicted molar refractivity (Wildman–Crippen MR) is 50.1 cm³/mol. The Morgan fingerprint density at radius 2 is 2.00 bits per heavy atom. The van der Waals surface area contributed by atoms with Crippen molar-refractivity contribution in [3.8, 4) is 0 Å². The van der Waals surface area contributed by atoms with Crippen molar-refractivity contribution in [1.29, 1.82) is 0 Å². The van der Waals surface area contributed by atoms with E-state index in [1.165, 1.54) is 12.1 Å². The summed E-state index contributed by atoms with van der Waals surface area (Å²) >= 11 is 10.4. The van der Waals surface area contributed by atoms with Crippen LogP contribution in [-0.2, 0) is 0 Å². The molecule has 0 fully saturated rings. The van der Waals surface area contributed by atoms with E-state index in [-0.39, 0.29) is 5.02 Å². The normalized spacial score (nSPS) is 9.64. The number of carbonyl (C=O) groups excluding carboxylic acids is 2. The Morgan fingerprint density at radius 3 is 2.50 bits per heavy atom. The van der Waals surface area contributed by atoms with Crippen LogP contribution in [0.3, 0.4) is 0 Å². The Morgan fingerprint density at radius 1 is 1.36 bits per heavy atom. The Labute approximate surface area is 88.8 Å². The first-order chi connectivity index (χ1) is 6.52. The fourth-order valence-corrected chi connectivity index (χ4v) is 1.20. The number of amides is 2. The average Bonchev–Trinajstić information content (AvgIpc) is 2.01. The molecule has 0 aliphatic rings. The summed E-state index contributed by atoms with van der Waals surface area (Å²) in [6.45, 7) is 0. The third-order valence-electron chi connectivity index (χ3n) is 1.40. The van der Waals surface area contributed by atoms with Crippen LogP contribution in [0.4, 0.5) is 9.18 Å². The van der Waals surface area contributed by atoms with E-state index in [4.69, 9.17) is 23.2 Å². The van der Waals surface area contributed by atoms with Gasteiger partial charge in [0.15, 0.2) is 0 Å². The number of benzene rings is 1. The summed E-state index contributed by atoms with van der Waals surface area (Å²) in [7, 11) is 0. The van der Waals surface area contributed by atoms with E-state index in [9.17, 15) is 14.0 Å². The second kappa shape index (κ2) is 4.39. The van der Waals surface area contributed by atoms with Crippen molar-refractivity contribution < 1.29 is 14.0 Å². The molecule has 1 N–H and O–H groups in total. The summed E-state index contributed by atoms with van der Waals surface area (Å²) in [4.78, 5) is 21.5. The Kier molecular flexibility index (Phi) is 3.43. The van der Waals surface area contributed by atoms with Crippen LogP contribution in [0, 0.1) is 5.82 Å². The lowest BCUT2D eigenvalue weighted by Gasteiger charge is -2.03. The molecule has 1 aromatic rings. The highest BCUT2D eigenvalue weighted by molar-refractivity contribution is 6.64. The van der Waals surface area contributed by atoms with Gasteiger partial charge in [-0.25, -0.2) is 4.39 Å². The number of rotatable bonds is 1. The van der Waals surface area contributed by atoms with Gasteiger partial charge in [-0.05, 0) is 23.7 Å². The Hall–Kier alpha value is -1.13. The molecule has 0 spiro atoms. The van der Waals surface area contributed by atoms with Gasteiger partial charge in [0.1, 0.15) is 5.82 Å². The van der Waals surface area contributed by atoms with Crippen molar-refractivity contribution >= 4 is 34.5 Å². The van der Waals surface area contributed by atoms with Crippen LogP contribution in [0.15, 0.2) is 18.2 Å². The Balaban J connectivity index is 3.06. The molecular weight excluding hydrogens is 232 g/mol. The molecule has 2 amide bonds. The minimum atomic E-state index is -1.09. The van der Waals surface area contributed by atoms with Crippen molar-refractivity contribution in [3.63, 3.8) is 0 Å². The molecule has 1 aromatic carbocycles. The zero-order chi connectivity index (χ0) is 10.7. The van der Waals surface area contributed by atoms with Crippen LogP contribution >= 0.6 is 23.2 Å². The SMILES string of the molecule is O=C(Cl)NC(=O)c1c(F)cccc1Cl. The third kappa shape index (κ3) is 2.43. The Bertz CT molecular complexity index is 375. The molecule has 1 rings (SSSR count). The minimum Gasteiger partial charge on any atom is -0.278 e. The van der Waals surface area contributed by atoms with Crippen molar-refractivity contribution in [1.82, 2.24) is 5.32 Å². The molecule has 0 saturated carbocycles. The molecule has 0 radical (unpaired) electrons. The van der Waals surface area contributed by atoms with E-state index in [2.05, 4.69) is 0 Å². The molecule has 0 heterocycles. The molecule has 3 nitrogen and oxygen atoms in total. The summed E-state index contributed by atoms with van der Waals surface area (Å²) < 4.78 is 13.1. The zero-order valence-electron chi connectivity index (χ0n) is 6.68. The summed E-state index contributed by atoms with van der Waals surface area (Å²) in [5, 5.41) is 0.532. The molecule has 0 unspecified atom stereocenters. The molecule has 0 atom stereocenters. The van der Waals surface area contributed by atoms with E-state index < -0.39 is 22.7 Å². The van der Waals surface area contributed by atoms with Gasteiger partial charge in [-0.15, -0.1) is 0 Å². The number of nitrogens with one attached hydrogen (secondary N) is 1. The quantitative estimate of drug-likeness (QED) is 0.601. The lowest BCUT2D eigenvalue weighted by atomic mass is 10.2. The van der Waals surface area contributed by atoms with Crippen molar-refractivity contribution in [2.45, 2.75) is 0 Å². The summed E-state index contributed by atoms with van der Waals surface area (Å²) in [6.07, 6.45) is 0. The molecule has 14 heavy (non-hydrogen) atoms. The first kappa shape index (κ1) is 10.9. The first-order valence-corrected chi connectivity index (χ1v) is 4.23. The average molecular weight is 236 g/mol. The van der Waals surface area contributed by atoms with Crippen LogP contribution in [0.2, 0.25) is 5.02 Å². The van der Waals surface area contributed by atoms with E-state index >= 15 is 0 Å². The highest BCUT2D eigenvalue weighted by Gasteiger charge is 2.16. The number of carbonyl (C=O) groups is 2. The van der Waals surface area contributed by atoms with E-state index in [0.717, 1.165) is 6.07 Å². The molecule has 0 aromatic heterocycles. The zero-order valence-corrected chi connectivity index (χ0v) is 8.19. The van der Waals surface area contributed by atoms with Crippen molar-refractivity contribution in [3.05, 3.63) is 34.6 Å². The third-order valence-corrected chi connectivity index (χ3v) is 1.81. The fourth-order valence-electron chi connectivity index (χ4n) is 0.866. The maximum absolute atomic E-state index is 13.1. The summed E-state index contributed by atoms with van der Waals surface area (Å²) in [5.41, 5.74) is -0.400. The monoisotopic (exact) mass is 235 g/mol. The fraction of sp³-hybridized carbons (Fsp3) is 0. The maximum Gasteiger partial charge on any atom is 0.320 e. The molecule has 0 aliphatic heterocycles. The lowest BCUT2D eigenvalue weighted by molar-refractivity contribution is 0.0965. The second-order valence-corrected chi connectivity index (χ2v) is 3.07. The highest BCUT2D eigenvalue weighted by Crippen LogP contribution is 2.18. The van der Waals surface area contributed by atoms with Crippen LogP contribution in [0.1, 0.15) is 10.4 Å². The van der Waals surface area contributed by atoms with Crippen LogP contribution in [0.25, 0.3) is 0 Å². The number of halogens is 3. The van der Waals surface area contributed by atoms with Gasteiger partial charge >= 0.3 is 5.37 Å². The van der Waals surface area contributed by atoms with Crippen LogP contribution in [0.5, 0.6) is 0 Å². The highest BCUT2D eigenvalue weighted by atomic mass is 35.5. The van der Waals surface area contributed by atoms with E-state index in [1.807, 2.05) is 0 Å². The van der Waals surface area contributed by atoms with Gasteiger partial charge in [0.05, 0.1) is 10.6 Å². The molecule has 0 aliphatic carbocycles. The lowest BCUT2D eigenvalue weighted by Crippen LogP contribution is -2.26. The predicted octanol–water partition coefficient (Wildman–Crippen LogP) is 2.57. The van der Waals surface area contributed by atoms with Crippen LogP contribution in [-0.4, -0.2) is 11.3 Å². The van der Waals surface area contributed by atoms with Crippen LogP contribution < -0.4 is 5.32 Å². The molecule has 0 bridgehead atoms. The summed E-state index contributed by atoms with van der Waals surface area (Å²) in [6, 6.07) is 3.73. The summed E-state index contributed by atoms with van der Waals surface area (Å²) in [5.74, 6) is -1.78.